The lowest BCUT2D eigenvalue weighted by atomic mass is 10.4. The van der Waals surface area contributed by atoms with Crippen LogP contribution in [0.25, 0.3) is 10.8 Å². The van der Waals surface area contributed by atoms with E-state index in [1.165, 1.54) is 11.3 Å². The molecule has 0 saturated heterocycles. The summed E-state index contributed by atoms with van der Waals surface area (Å²) < 4.78 is 10.1. The smallest absolute Gasteiger partial charge is 0.268 e. The van der Waals surface area contributed by atoms with Crippen molar-refractivity contribution in [1.29, 1.82) is 0 Å². The Morgan fingerprint density at radius 1 is 1.60 bits per heavy atom. The minimum absolute atomic E-state index is 0.246. The van der Waals surface area contributed by atoms with Gasteiger partial charge in [-0.3, -0.25) is 0 Å². The Kier molecular flexibility index (Phi) is 2.93. The highest BCUT2D eigenvalue weighted by Crippen LogP contribution is 2.30. The standard InChI is InChI=1S/C9H9ClN2O2S/c1-5(10)8-11-9(14-12-8)7-3-6(13-2)4-15-7/h3-5H,1-2H3. The summed E-state index contributed by atoms with van der Waals surface area (Å²) in [6.07, 6.45) is 0. The highest BCUT2D eigenvalue weighted by atomic mass is 35.5. The minimum atomic E-state index is -0.246. The second-order valence-corrected chi connectivity index (χ2v) is 4.49. The van der Waals surface area contributed by atoms with Gasteiger partial charge in [0.15, 0.2) is 5.82 Å². The molecule has 15 heavy (non-hydrogen) atoms. The molecule has 6 heteroatoms. The van der Waals surface area contributed by atoms with Gasteiger partial charge in [0.1, 0.15) is 5.75 Å². The van der Waals surface area contributed by atoms with Gasteiger partial charge in [0, 0.05) is 11.4 Å². The lowest BCUT2D eigenvalue weighted by molar-refractivity contribution is 0.415. The number of halogens is 1. The van der Waals surface area contributed by atoms with Gasteiger partial charge in [0.25, 0.3) is 5.89 Å². The molecule has 1 unspecified atom stereocenters. The van der Waals surface area contributed by atoms with E-state index < -0.39 is 0 Å². The third kappa shape index (κ3) is 2.13. The van der Waals surface area contributed by atoms with E-state index in [1.807, 2.05) is 11.4 Å². The maximum Gasteiger partial charge on any atom is 0.268 e. The van der Waals surface area contributed by atoms with E-state index in [-0.39, 0.29) is 5.38 Å². The van der Waals surface area contributed by atoms with Gasteiger partial charge in [-0.05, 0) is 6.92 Å². The Morgan fingerprint density at radius 2 is 2.40 bits per heavy atom. The molecule has 1 atom stereocenters. The summed E-state index contributed by atoms with van der Waals surface area (Å²) in [4.78, 5) is 5.05. The minimum Gasteiger partial charge on any atom is -0.496 e. The molecule has 80 valence electrons. The predicted molar refractivity (Wildman–Crippen MR) is 58.4 cm³/mol. The fraction of sp³-hybridized carbons (Fsp3) is 0.333. The zero-order valence-corrected chi connectivity index (χ0v) is 9.80. The Labute approximate surface area is 95.8 Å². The van der Waals surface area contributed by atoms with Gasteiger partial charge in [0.2, 0.25) is 0 Å². The maximum atomic E-state index is 5.83. The van der Waals surface area contributed by atoms with Crippen LogP contribution in [0.15, 0.2) is 16.0 Å². The van der Waals surface area contributed by atoms with Crippen molar-refractivity contribution in [2.24, 2.45) is 0 Å². The molecule has 0 N–H and O–H groups in total. The number of rotatable bonds is 3. The average Bonchev–Trinajstić information content (AvgIpc) is 2.86. The van der Waals surface area contributed by atoms with Crippen molar-refractivity contribution in [3.8, 4) is 16.5 Å². The number of hydrogen-bond donors (Lipinski definition) is 0. The monoisotopic (exact) mass is 244 g/mol. The van der Waals surface area contributed by atoms with E-state index in [2.05, 4.69) is 10.1 Å². The fourth-order valence-corrected chi connectivity index (χ4v) is 1.90. The van der Waals surface area contributed by atoms with E-state index in [9.17, 15) is 0 Å². The molecule has 0 aromatic carbocycles. The summed E-state index contributed by atoms with van der Waals surface area (Å²) in [6, 6.07) is 1.85. The first-order valence-corrected chi connectivity index (χ1v) is 5.63. The molecule has 0 bridgehead atoms. The summed E-state index contributed by atoms with van der Waals surface area (Å²) in [5.74, 6) is 1.76. The molecule has 0 amide bonds. The van der Waals surface area contributed by atoms with Gasteiger partial charge in [0.05, 0.1) is 17.4 Å². The summed E-state index contributed by atoms with van der Waals surface area (Å²) in [5, 5.41) is 5.41. The average molecular weight is 245 g/mol. The number of aromatic nitrogens is 2. The Hall–Kier alpha value is -1.07. The van der Waals surface area contributed by atoms with Crippen LogP contribution in [0.2, 0.25) is 0 Å². The van der Waals surface area contributed by atoms with Crippen molar-refractivity contribution in [1.82, 2.24) is 10.1 Å². The van der Waals surface area contributed by atoms with Crippen LogP contribution in [0.3, 0.4) is 0 Å². The van der Waals surface area contributed by atoms with Crippen molar-refractivity contribution >= 4 is 22.9 Å². The van der Waals surface area contributed by atoms with Gasteiger partial charge in [-0.2, -0.15) is 4.98 Å². The first-order valence-electron chi connectivity index (χ1n) is 4.31. The summed E-state index contributed by atoms with van der Waals surface area (Å²) in [6.45, 7) is 1.80. The molecule has 2 aromatic heterocycles. The van der Waals surface area contributed by atoms with Crippen LogP contribution < -0.4 is 4.74 Å². The number of alkyl halides is 1. The van der Waals surface area contributed by atoms with E-state index >= 15 is 0 Å². The van der Waals surface area contributed by atoms with Gasteiger partial charge in [-0.1, -0.05) is 5.16 Å². The number of nitrogens with zero attached hydrogens (tertiary/aromatic N) is 2. The second kappa shape index (κ2) is 4.20. The van der Waals surface area contributed by atoms with E-state index in [4.69, 9.17) is 20.9 Å². The number of thiophene rings is 1. The van der Waals surface area contributed by atoms with E-state index in [0.29, 0.717) is 11.7 Å². The van der Waals surface area contributed by atoms with Crippen molar-refractivity contribution in [3.05, 3.63) is 17.3 Å². The zero-order chi connectivity index (χ0) is 10.8. The second-order valence-electron chi connectivity index (χ2n) is 2.92. The Bertz CT molecular complexity index is 452. The predicted octanol–water partition coefficient (Wildman–Crippen LogP) is 3.11. The maximum absolute atomic E-state index is 5.83. The topological polar surface area (TPSA) is 48.2 Å². The molecule has 4 nitrogen and oxygen atoms in total. The zero-order valence-electron chi connectivity index (χ0n) is 8.23. The molecule has 2 rings (SSSR count). The lowest BCUT2D eigenvalue weighted by Crippen LogP contribution is -1.86. The molecule has 0 spiro atoms. The van der Waals surface area contributed by atoms with Crippen LogP contribution >= 0.6 is 22.9 Å². The molecule has 0 aliphatic carbocycles. The van der Waals surface area contributed by atoms with Crippen molar-refractivity contribution < 1.29 is 9.26 Å². The normalized spacial score (nSPS) is 12.7. The molecule has 0 radical (unpaired) electrons. The van der Waals surface area contributed by atoms with Crippen LogP contribution in [-0.2, 0) is 0 Å². The molecule has 0 saturated carbocycles. The lowest BCUT2D eigenvalue weighted by Gasteiger charge is -1.90. The molecule has 0 fully saturated rings. The van der Waals surface area contributed by atoms with Gasteiger partial charge >= 0.3 is 0 Å². The third-order valence-corrected chi connectivity index (χ3v) is 2.91. The third-order valence-electron chi connectivity index (χ3n) is 1.82. The van der Waals surface area contributed by atoms with Crippen molar-refractivity contribution in [2.45, 2.75) is 12.3 Å². The summed E-state index contributed by atoms with van der Waals surface area (Å²) >= 11 is 7.32. The Morgan fingerprint density at radius 3 is 2.93 bits per heavy atom. The molecular formula is C9H9ClN2O2S. The highest BCUT2D eigenvalue weighted by molar-refractivity contribution is 7.13. The SMILES string of the molecule is COc1csc(-c2nc(C(C)Cl)no2)c1. The summed E-state index contributed by atoms with van der Waals surface area (Å²) in [5.41, 5.74) is 0. The highest BCUT2D eigenvalue weighted by Gasteiger charge is 2.14. The van der Waals surface area contributed by atoms with Gasteiger partial charge < -0.3 is 9.26 Å². The first-order chi connectivity index (χ1) is 7.20. The Balaban J connectivity index is 2.28. The molecule has 2 heterocycles. The van der Waals surface area contributed by atoms with Crippen LogP contribution in [0.4, 0.5) is 0 Å². The first kappa shape index (κ1) is 10.4. The number of hydrogen-bond acceptors (Lipinski definition) is 5. The molecular weight excluding hydrogens is 236 g/mol. The summed E-state index contributed by atoms with van der Waals surface area (Å²) in [7, 11) is 1.62. The van der Waals surface area contributed by atoms with E-state index in [1.54, 1.807) is 14.0 Å². The van der Waals surface area contributed by atoms with Crippen molar-refractivity contribution in [2.75, 3.05) is 7.11 Å². The van der Waals surface area contributed by atoms with Gasteiger partial charge in [-0.15, -0.1) is 22.9 Å². The van der Waals surface area contributed by atoms with Crippen LogP contribution in [0, 0.1) is 0 Å². The number of ether oxygens (including phenoxy) is 1. The van der Waals surface area contributed by atoms with E-state index in [0.717, 1.165) is 10.6 Å². The largest absolute Gasteiger partial charge is 0.496 e. The fourth-order valence-electron chi connectivity index (χ4n) is 1.03. The molecule has 0 aliphatic heterocycles. The van der Waals surface area contributed by atoms with Gasteiger partial charge in [-0.25, -0.2) is 0 Å². The molecule has 2 aromatic rings. The number of methoxy groups -OCH3 is 1. The van der Waals surface area contributed by atoms with Crippen LogP contribution in [0.5, 0.6) is 5.75 Å². The van der Waals surface area contributed by atoms with Crippen LogP contribution in [-0.4, -0.2) is 17.3 Å². The quantitative estimate of drug-likeness (QED) is 0.779. The van der Waals surface area contributed by atoms with Crippen LogP contribution in [0.1, 0.15) is 18.1 Å². The molecule has 0 aliphatic rings. The van der Waals surface area contributed by atoms with Crippen molar-refractivity contribution in [3.63, 3.8) is 0 Å².